The molecule has 42 heavy (non-hydrogen) atoms. The van der Waals surface area contributed by atoms with Gasteiger partial charge in [-0.05, 0) is 19.3 Å². The largest absolute Gasteiger partial charge is 0.465 e. The summed E-state index contributed by atoms with van der Waals surface area (Å²) in [6, 6.07) is 9.29. The molecule has 12 atom stereocenters. The summed E-state index contributed by atoms with van der Waals surface area (Å²) < 4.78 is 47.8. The lowest BCUT2D eigenvalue weighted by atomic mass is 9.80. The zero-order valence-electron chi connectivity index (χ0n) is 24.5. The van der Waals surface area contributed by atoms with E-state index in [1.807, 2.05) is 44.2 Å². The second-order valence-corrected chi connectivity index (χ2v) is 11.5. The van der Waals surface area contributed by atoms with Crippen molar-refractivity contribution in [3.8, 4) is 0 Å². The first-order valence-corrected chi connectivity index (χ1v) is 14.5. The van der Waals surface area contributed by atoms with Crippen LogP contribution in [0.15, 0.2) is 30.3 Å². The molecule has 1 aromatic carbocycles. The van der Waals surface area contributed by atoms with Gasteiger partial charge in [-0.3, -0.25) is 9.59 Å². The van der Waals surface area contributed by atoms with Crippen LogP contribution in [0.1, 0.15) is 58.8 Å². The lowest BCUT2D eigenvalue weighted by Gasteiger charge is -2.51. The minimum absolute atomic E-state index is 0.0294. The first-order chi connectivity index (χ1) is 20.1. The molecule has 0 bridgehead atoms. The van der Waals surface area contributed by atoms with Gasteiger partial charge < -0.3 is 43.0 Å². The van der Waals surface area contributed by atoms with Crippen molar-refractivity contribution < 1.29 is 57.4 Å². The molecule has 0 aromatic heterocycles. The van der Waals surface area contributed by atoms with Gasteiger partial charge in [-0.1, -0.05) is 44.2 Å². The van der Waals surface area contributed by atoms with Gasteiger partial charge in [0.2, 0.25) is 0 Å². The number of carbonyl (C=O) groups is 3. The average Bonchev–Trinajstić information content (AvgIpc) is 3.36. The Kier molecular flexibility index (Phi) is 9.22. The summed E-state index contributed by atoms with van der Waals surface area (Å²) in [5.41, 5.74) is 0.762. The fourth-order valence-electron chi connectivity index (χ4n) is 6.33. The second kappa shape index (κ2) is 12.6. The van der Waals surface area contributed by atoms with Gasteiger partial charge in [0, 0.05) is 18.4 Å². The predicted molar refractivity (Wildman–Crippen MR) is 142 cm³/mol. The smallest absolute Gasteiger partial charge is 0.366 e. The van der Waals surface area contributed by atoms with Crippen LogP contribution >= 0.6 is 0 Å². The summed E-state index contributed by atoms with van der Waals surface area (Å²) in [4.78, 5) is 38.2. The number of hydrogen-bond donors (Lipinski definition) is 1. The molecule has 4 saturated heterocycles. The van der Waals surface area contributed by atoms with Gasteiger partial charge in [-0.15, -0.1) is 0 Å². The standard InChI is InChI=1S/C30H40O12/c1-6-15(2)24(38-17(4)31)25-19-12-22(32)39-20(19)13-30(41-25,29(34)35-5)42-27-23(33)16(3)37-21-14-36-28(40-26(21)27)18-10-8-7-9-11-18/h7-11,15-16,19-21,23-28,33H,6,12-14H2,1-5H3/t15-,16-,19-,20-,21?,23+,24-,25?,26-,27?,28?,30+/m1/s1. The van der Waals surface area contributed by atoms with E-state index in [0.29, 0.717) is 6.42 Å². The molecule has 0 amide bonds. The van der Waals surface area contributed by atoms with E-state index in [1.54, 1.807) is 6.92 Å². The fourth-order valence-corrected chi connectivity index (χ4v) is 6.33. The number of carbonyl (C=O) groups excluding carboxylic acids is 3. The third kappa shape index (κ3) is 5.93. The van der Waals surface area contributed by atoms with Gasteiger partial charge in [-0.2, -0.15) is 0 Å². The van der Waals surface area contributed by atoms with Crippen molar-refractivity contribution in [3.63, 3.8) is 0 Å². The molecule has 1 N–H and O–H groups in total. The highest BCUT2D eigenvalue weighted by Gasteiger charge is 2.63. The number of ether oxygens (including phenoxy) is 8. The molecule has 4 heterocycles. The topological polar surface area (TPSA) is 145 Å². The van der Waals surface area contributed by atoms with Crippen LogP contribution in [0.5, 0.6) is 0 Å². The Hall–Kier alpha value is -2.61. The monoisotopic (exact) mass is 592 g/mol. The molecule has 4 unspecified atom stereocenters. The SMILES string of the molecule is CC[C@@H](C)[C@@H](OC(C)=O)C1O[C@@](OC2[C@@H]3OC(c4ccccc4)OCC3O[C@H](C)[C@@H]2O)(C(=O)OC)C[C@H]2OC(=O)C[C@@H]12. The Morgan fingerprint density at radius 1 is 1.17 bits per heavy atom. The van der Waals surface area contributed by atoms with Crippen LogP contribution in [0.2, 0.25) is 0 Å². The number of esters is 3. The normalized spacial score (nSPS) is 39.3. The second-order valence-electron chi connectivity index (χ2n) is 11.5. The summed E-state index contributed by atoms with van der Waals surface area (Å²) in [6.45, 7) is 6.97. The van der Waals surface area contributed by atoms with Crippen molar-refractivity contribution in [2.45, 2.75) is 108 Å². The minimum atomic E-state index is -2.12. The van der Waals surface area contributed by atoms with E-state index in [-0.39, 0.29) is 25.4 Å². The Morgan fingerprint density at radius 3 is 2.57 bits per heavy atom. The molecule has 232 valence electrons. The number of hydrogen-bond acceptors (Lipinski definition) is 12. The molecule has 12 nitrogen and oxygen atoms in total. The van der Waals surface area contributed by atoms with Crippen LogP contribution < -0.4 is 0 Å². The lowest BCUT2D eigenvalue weighted by molar-refractivity contribution is -0.380. The zero-order valence-corrected chi connectivity index (χ0v) is 24.5. The van der Waals surface area contributed by atoms with Crippen LogP contribution in [0.3, 0.4) is 0 Å². The van der Waals surface area contributed by atoms with Gasteiger partial charge in [0.25, 0.3) is 5.79 Å². The number of aliphatic hydroxyl groups is 1. The van der Waals surface area contributed by atoms with Crippen molar-refractivity contribution >= 4 is 17.9 Å². The first-order valence-electron chi connectivity index (χ1n) is 14.5. The van der Waals surface area contributed by atoms with Crippen molar-refractivity contribution in [1.29, 1.82) is 0 Å². The third-order valence-electron chi connectivity index (χ3n) is 8.70. The number of rotatable bonds is 8. The van der Waals surface area contributed by atoms with E-state index >= 15 is 0 Å². The molecular formula is C30H40O12. The van der Waals surface area contributed by atoms with Crippen LogP contribution in [0, 0.1) is 11.8 Å². The fraction of sp³-hybridized carbons (Fsp3) is 0.700. The van der Waals surface area contributed by atoms with Gasteiger partial charge >= 0.3 is 17.9 Å². The highest BCUT2D eigenvalue weighted by atomic mass is 16.8. The molecule has 0 spiro atoms. The predicted octanol–water partition coefficient (Wildman–Crippen LogP) is 2.20. The molecule has 0 aliphatic carbocycles. The molecule has 12 heteroatoms. The van der Waals surface area contributed by atoms with Crippen molar-refractivity contribution in [2.24, 2.45) is 11.8 Å². The van der Waals surface area contributed by atoms with E-state index in [1.165, 1.54) is 14.0 Å². The molecule has 0 radical (unpaired) electrons. The molecule has 4 fully saturated rings. The maximum absolute atomic E-state index is 13.6. The third-order valence-corrected chi connectivity index (χ3v) is 8.70. The summed E-state index contributed by atoms with van der Waals surface area (Å²) in [5.74, 6) is -4.66. The van der Waals surface area contributed by atoms with Crippen LogP contribution in [-0.4, -0.2) is 91.3 Å². The molecule has 1 aromatic rings. The van der Waals surface area contributed by atoms with Crippen molar-refractivity contribution in [2.75, 3.05) is 13.7 Å². The van der Waals surface area contributed by atoms with Crippen LogP contribution in [0.4, 0.5) is 0 Å². The van der Waals surface area contributed by atoms with Gasteiger partial charge in [0.15, 0.2) is 6.29 Å². The maximum atomic E-state index is 13.6. The van der Waals surface area contributed by atoms with Crippen molar-refractivity contribution in [3.05, 3.63) is 35.9 Å². The highest BCUT2D eigenvalue weighted by molar-refractivity contribution is 5.79. The summed E-state index contributed by atoms with van der Waals surface area (Å²) in [6.07, 6.45) is -7.36. The summed E-state index contributed by atoms with van der Waals surface area (Å²) in [7, 11) is 1.19. The molecule has 5 rings (SSSR count). The Balaban J connectivity index is 1.51. The van der Waals surface area contributed by atoms with E-state index in [0.717, 1.165) is 5.56 Å². The quantitative estimate of drug-likeness (QED) is 0.349. The number of aliphatic hydroxyl groups excluding tert-OH is 1. The van der Waals surface area contributed by atoms with Crippen LogP contribution in [-0.2, 0) is 52.3 Å². The number of benzene rings is 1. The lowest BCUT2D eigenvalue weighted by Crippen LogP contribution is -2.67. The van der Waals surface area contributed by atoms with E-state index in [9.17, 15) is 19.5 Å². The maximum Gasteiger partial charge on any atom is 0.366 e. The van der Waals surface area contributed by atoms with Crippen molar-refractivity contribution in [1.82, 2.24) is 0 Å². The van der Waals surface area contributed by atoms with E-state index in [2.05, 4.69) is 0 Å². The number of methoxy groups -OCH3 is 1. The Bertz CT molecular complexity index is 1130. The Labute approximate surface area is 244 Å². The molecular weight excluding hydrogens is 552 g/mol. The highest BCUT2D eigenvalue weighted by Crippen LogP contribution is 2.46. The van der Waals surface area contributed by atoms with Gasteiger partial charge in [0.1, 0.15) is 42.7 Å². The Morgan fingerprint density at radius 2 is 1.90 bits per heavy atom. The minimum Gasteiger partial charge on any atom is -0.465 e. The first kappa shape index (κ1) is 30.8. The van der Waals surface area contributed by atoms with Gasteiger partial charge in [0.05, 0.1) is 32.7 Å². The zero-order chi connectivity index (χ0) is 30.2. The molecule has 4 aliphatic rings. The van der Waals surface area contributed by atoms with E-state index < -0.39 is 84.7 Å². The van der Waals surface area contributed by atoms with Gasteiger partial charge in [-0.25, -0.2) is 4.79 Å². The summed E-state index contributed by atoms with van der Waals surface area (Å²) >= 11 is 0. The average molecular weight is 593 g/mol. The summed E-state index contributed by atoms with van der Waals surface area (Å²) in [5, 5.41) is 11.3. The molecule has 4 aliphatic heterocycles. The molecule has 0 saturated carbocycles. The van der Waals surface area contributed by atoms with E-state index in [4.69, 9.17) is 37.9 Å². The van der Waals surface area contributed by atoms with Crippen LogP contribution in [0.25, 0.3) is 0 Å². The number of fused-ring (bicyclic) bond motifs is 2.